The molecular weight excluding hydrogens is 1240 g/mol. The Kier molecular flexibility index (Phi) is 35.7. The number of hydrogen-bond donors (Lipinski definition) is 17. The molecule has 0 radical (unpaired) electrons. The fraction of sp³-hybridized carbons (Fsp3) is 0.722. The Balaban J connectivity index is 2.76. The van der Waals surface area contributed by atoms with Crippen LogP contribution >= 0.6 is 33.3 Å². The number of nitrogens with one attached hydrogen (secondary N) is 11. The third-order valence-corrected chi connectivity index (χ3v) is 17.3. The number of carboxylic acid groups (broad SMARTS) is 2. The van der Waals surface area contributed by atoms with E-state index in [1.807, 2.05) is 0 Å². The quantitative estimate of drug-likeness (QED) is 0.0244. The number of aliphatic carboxylic acids is 2. The summed E-state index contributed by atoms with van der Waals surface area (Å²) in [7, 11) is 1.62. The van der Waals surface area contributed by atoms with E-state index in [0.29, 0.717) is 6.42 Å². The van der Waals surface area contributed by atoms with Crippen LogP contribution in [-0.2, 0) is 71.9 Å². The van der Waals surface area contributed by atoms with Crippen molar-refractivity contribution in [3.8, 4) is 0 Å². The van der Waals surface area contributed by atoms with Crippen LogP contribution in [0, 0.1) is 17.8 Å². The molecule has 0 aromatic rings. The summed E-state index contributed by atoms with van der Waals surface area (Å²) in [5, 5.41) is 57.5. The molecule has 33 nitrogen and oxygen atoms in total. The molecule has 0 bridgehead atoms. The van der Waals surface area contributed by atoms with E-state index in [9.17, 15) is 87.2 Å². The summed E-state index contributed by atoms with van der Waals surface area (Å²) in [6.45, 7) is 9.35. The third kappa shape index (κ3) is 28.4. The molecule has 2 heterocycles. The molecule has 90 heavy (non-hydrogen) atoms. The second-order valence-corrected chi connectivity index (χ2v) is 26.2. The molecule has 2 rings (SSSR count). The fourth-order valence-corrected chi connectivity index (χ4v) is 12.1. The number of hydrogen-bond acceptors (Lipinski definition) is 21. The highest BCUT2D eigenvalue weighted by Gasteiger charge is 2.42. The number of primary amides is 1. The van der Waals surface area contributed by atoms with Gasteiger partial charge in [-0.3, -0.25) is 67.1 Å². The van der Waals surface area contributed by atoms with Crippen LogP contribution in [0.25, 0.3) is 0 Å². The molecule has 36 heteroatoms. The number of thioether (sulfide) groups is 1. The zero-order chi connectivity index (χ0) is 67.9. The maximum atomic E-state index is 14.6. The Labute approximate surface area is 533 Å². The van der Waals surface area contributed by atoms with Crippen molar-refractivity contribution in [1.29, 1.82) is 0 Å². The number of aliphatic hydroxyl groups is 1. The molecule has 2 fully saturated rings. The highest BCUT2D eigenvalue weighted by Crippen LogP contribution is 2.25. The summed E-state index contributed by atoms with van der Waals surface area (Å²) in [5.41, 5.74) is 17.1. The largest absolute Gasteiger partial charge is 0.481 e. The maximum Gasteiger partial charge on any atom is 0.327 e. The molecule has 0 aliphatic carbocycles. The first-order valence-corrected chi connectivity index (χ1v) is 33.1. The minimum absolute atomic E-state index is 0.000841. The summed E-state index contributed by atoms with van der Waals surface area (Å²) in [4.78, 5) is 203. The lowest BCUT2D eigenvalue weighted by Crippen LogP contribution is -2.62. The van der Waals surface area contributed by atoms with Crippen LogP contribution in [0.3, 0.4) is 0 Å². The Hall–Kier alpha value is -7.02. The van der Waals surface area contributed by atoms with Crippen molar-refractivity contribution in [2.45, 2.75) is 179 Å². The smallest absolute Gasteiger partial charge is 0.327 e. The van der Waals surface area contributed by atoms with Gasteiger partial charge in [-0.2, -0.15) is 0 Å². The zero-order valence-electron chi connectivity index (χ0n) is 51.7. The van der Waals surface area contributed by atoms with Gasteiger partial charge in [0.25, 0.3) is 0 Å². The van der Waals surface area contributed by atoms with Gasteiger partial charge in [0, 0.05) is 43.6 Å². The fourth-order valence-electron chi connectivity index (χ4n) is 8.95. The van der Waals surface area contributed by atoms with Crippen molar-refractivity contribution in [3.63, 3.8) is 0 Å². The van der Waals surface area contributed by atoms with Gasteiger partial charge >= 0.3 is 11.9 Å². The summed E-state index contributed by atoms with van der Waals surface area (Å²) in [6.07, 6.45) is -1.12. The Morgan fingerprint density at radius 2 is 1.30 bits per heavy atom. The standard InChI is InChI=1S/C54H91N15O18S3/c1-26(2)19-34-48(80)66-37(54(86)87)24-90-89-23-36(65-47(79)33(14-16-41(74)75)61-44(76)30(56)22-88-25-59-29(7)71)50(82)68-43(28(5)6)53(85)69-18-10-12-38(69)51(83)67-42(27(3)4)52(84)64-35(21-70)49(81)62-31(11-8-9-17-55)45(77)58-20-40(73)60-32(46(78)63-34)13-15-39(57)72/h26-28,30-38,42-43,70H,8-25,55-56H2,1-7H3,(H2,57,72)(H,58,77)(H,59,71)(H,60,73)(H,61,76)(H,62,81)(H,63,78)(H,64,84)(H,65,79)(H,66,80)(H,67,83)(H,68,82)(H,74,75)(H,86,87)/t30-,31?,32-,33-,34-,35-,36?,37-,38-,42-,43-/m0/s1. The highest BCUT2D eigenvalue weighted by molar-refractivity contribution is 8.76. The van der Waals surface area contributed by atoms with Gasteiger partial charge in [-0.25, -0.2) is 4.79 Å². The van der Waals surface area contributed by atoms with Crippen LogP contribution in [0.15, 0.2) is 0 Å². The number of carbonyl (C=O) groups is 15. The van der Waals surface area contributed by atoms with Crippen LogP contribution < -0.4 is 75.7 Å². The van der Waals surface area contributed by atoms with Crippen molar-refractivity contribution in [2.75, 3.05) is 49.4 Å². The highest BCUT2D eigenvalue weighted by atomic mass is 33.1. The van der Waals surface area contributed by atoms with Crippen molar-refractivity contribution in [3.05, 3.63) is 0 Å². The number of rotatable bonds is 24. The lowest BCUT2D eigenvalue weighted by Gasteiger charge is -2.33. The van der Waals surface area contributed by atoms with E-state index in [2.05, 4.69) is 58.5 Å². The van der Waals surface area contributed by atoms with Crippen molar-refractivity contribution >= 4 is 122 Å². The summed E-state index contributed by atoms with van der Waals surface area (Å²) >= 11 is 1.08. The number of carbonyl (C=O) groups excluding carboxylic acids is 13. The van der Waals surface area contributed by atoms with Gasteiger partial charge in [-0.05, 0) is 75.7 Å². The van der Waals surface area contributed by atoms with Crippen LogP contribution in [0.2, 0.25) is 0 Å². The number of fused-ring (bicyclic) bond motifs is 1. The number of carboxylic acids is 2. The van der Waals surface area contributed by atoms with E-state index in [4.69, 9.17) is 17.2 Å². The Morgan fingerprint density at radius 1 is 0.700 bits per heavy atom. The number of aliphatic hydroxyl groups excluding tert-OH is 1. The van der Waals surface area contributed by atoms with Gasteiger partial charge in [0.2, 0.25) is 76.8 Å². The van der Waals surface area contributed by atoms with Crippen LogP contribution in [-0.4, -0.2) is 225 Å². The first-order chi connectivity index (χ1) is 42.3. The predicted octanol–water partition coefficient (Wildman–Crippen LogP) is -5.30. The summed E-state index contributed by atoms with van der Waals surface area (Å²) in [5.74, 6) is -17.1. The average molecular weight is 1330 g/mol. The van der Waals surface area contributed by atoms with Gasteiger partial charge in [0.05, 0.1) is 25.1 Å². The van der Waals surface area contributed by atoms with E-state index in [-0.39, 0.29) is 68.6 Å². The molecule has 0 aromatic heterocycles. The van der Waals surface area contributed by atoms with E-state index in [1.165, 1.54) is 11.8 Å². The molecule has 0 spiro atoms. The molecule has 2 aliphatic rings. The lowest BCUT2D eigenvalue weighted by molar-refractivity contribution is -0.143. The summed E-state index contributed by atoms with van der Waals surface area (Å²) in [6, 6.07) is -16.4. The first kappa shape index (κ1) is 79.1. The monoisotopic (exact) mass is 1330 g/mol. The van der Waals surface area contributed by atoms with Gasteiger partial charge in [-0.1, -0.05) is 63.1 Å². The SMILES string of the molecule is CC(=O)NCSC[C@H](N)C(=O)N[C@@H](CCC(=O)O)C(=O)NC1CSSC[C@@H](C(=O)O)NC(=O)[C@H](CC(C)C)NC(=O)[C@H](CCC(N)=O)NC(=O)CNC(=O)C(CCCCN)NC(=O)[C@H](CO)NC(=O)[C@H](C(C)C)NC(=O)[C@@H]2CCCN2C(=O)[C@H](C(C)C)NC1=O. The maximum absolute atomic E-state index is 14.6. The van der Waals surface area contributed by atoms with Crippen LogP contribution in [0.1, 0.15) is 113 Å². The van der Waals surface area contributed by atoms with Crippen LogP contribution in [0.5, 0.6) is 0 Å². The molecule has 13 amide bonds. The van der Waals surface area contributed by atoms with Crippen molar-refractivity contribution in [2.24, 2.45) is 35.0 Å². The van der Waals surface area contributed by atoms with Gasteiger partial charge in [0.1, 0.15) is 60.4 Å². The average Bonchev–Trinajstić information content (AvgIpc) is 1.66. The van der Waals surface area contributed by atoms with Gasteiger partial charge in [-0.15, -0.1) is 11.8 Å². The first-order valence-electron chi connectivity index (χ1n) is 29.5. The molecule has 20 N–H and O–H groups in total. The molecule has 2 unspecified atom stereocenters. The summed E-state index contributed by atoms with van der Waals surface area (Å²) < 4.78 is 0. The predicted molar refractivity (Wildman–Crippen MR) is 331 cm³/mol. The molecule has 0 saturated carbocycles. The minimum atomic E-state index is -1.71. The van der Waals surface area contributed by atoms with Gasteiger partial charge in [0.15, 0.2) is 0 Å². The van der Waals surface area contributed by atoms with E-state index < -0.39 is 211 Å². The van der Waals surface area contributed by atoms with E-state index >= 15 is 0 Å². The second-order valence-electron chi connectivity index (χ2n) is 22.7. The Morgan fingerprint density at radius 3 is 1.89 bits per heavy atom. The molecule has 2 saturated heterocycles. The van der Waals surface area contributed by atoms with Crippen molar-refractivity contribution in [1.82, 2.24) is 63.4 Å². The molecule has 11 atom stereocenters. The number of nitrogens with two attached hydrogens (primary N) is 3. The lowest BCUT2D eigenvalue weighted by atomic mass is 10.0. The zero-order valence-corrected chi connectivity index (χ0v) is 54.1. The normalized spacial score (nSPS) is 24.4. The van der Waals surface area contributed by atoms with Crippen molar-refractivity contribution < 1.29 is 87.2 Å². The Bertz CT molecular complexity index is 2540. The minimum Gasteiger partial charge on any atom is -0.481 e. The number of unbranched alkanes of at least 4 members (excludes halogenated alkanes) is 1. The second kappa shape index (κ2) is 40.7. The number of nitrogens with zero attached hydrogens (tertiary/aromatic N) is 1. The topological polar surface area (TPSA) is 530 Å². The molecular formula is C54H91N15O18S3. The van der Waals surface area contributed by atoms with Gasteiger partial charge < -0.3 is 95.9 Å². The molecule has 2 aliphatic heterocycles. The van der Waals surface area contributed by atoms with E-state index in [1.54, 1.807) is 41.5 Å². The number of amides is 13. The van der Waals surface area contributed by atoms with Crippen LogP contribution in [0.4, 0.5) is 0 Å². The third-order valence-electron chi connectivity index (χ3n) is 13.9. The molecule has 508 valence electrons. The van der Waals surface area contributed by atoms with E-state index in [0.717, 1.165) is 33.3 Å². The molecule has 0 aromatic carbocycles.